The smallest absolute Gasteiger partial charge is 0.165 e. The van der Waals surface area contributed by atoms with Crippen molar-refractivity contribution in [1.82, 2.24) is 0 Å². The maximum atomic E-state index is 13.6. The molecule has 1 N–H and O–H groups in total. The summed E-state index contributed by atoms with van der Waals surface area (Å²) in [6, 6.07) is 6.54. The van der Waals surface area contributed by atoms with E-state index in [-0.39, 0.29) is 12.4 Å². The van der Waals surface area contributed by atoms with E-state index in [0.717, 1.165) is 0 Å². The Hall–Kier alpha value is -1.60. The summed E-state index contributed by atoms with van der Waals surface area (Å²) in [4.78, 5) is 0. The molecule has 98 valence electrons. The van der Waals surface area contributed by atoms with Gasteiger partial charge in [0.25, 0.3) is 0 Å². The van der Waals surface area contributed by atoms with Gasteiger partial charge in [0.2, 0.25) is 0 Å². The number of nitriles is 1. The maximum Gasteiger partial charge on any atom is 0.165 e. The molecule has 18 heavy (non-hydrogen) atoms. The van der Waals surface area contributed by atoms with E-state index in [4.69, 9.17) is 10.00 Å². The van der Waals surface area contributed by atoms with Crippen LogP contribution in [0.5, 0.6) is 5.75 Å². The zero-order valence-electron chi connectivity index (χ0n) is 10.9. The molecule has 0 unspecified atom stereocenters. The van der Waals surface area contributed by atoms with Crippen LogP contribution >= 0.6 is 0 Å². The summed E-state index contributed by atoms with van der Waals surface area (Å²) in [5.41, 5.74) is 0.0351. The van der Waals surface area contributed by atoms with Crippen LogP contribution in [0, 0.1) is 22.6 Å². The lowest BCUT2D eigenvalue weighted by Gasteiger charge is -2.16. The quantitative estimate of drug-likeness (QED) is 0.874. The first-order valence-corrected chi connectivity index (χ1v) is 5.87. The van der Waals surface area contributed by atoms with Crippen LogP contribution in [0.2, 0.25) is 0 Å². The van der Waals surface area contributed by atoms with Crippen molar-refractivity contribution >= 4 is 0 Å². The number of ether oxygens (including phenoxy) is 1. The molecule has 4 heteroatoms. The number of aliphatic hydroxyl groups excluding tert-OH is 1. The Morgan fingerprint density at radius 1 is 1.50 bits per heavy atom. The Morgan fingerprint density at radius 3 is 2.67 bits per heavy atom. The highest BCUT2D eigenvalue weighted by Gasteiger charge is 2.17. The number of hydrogen-bond acceptors (Lipinski definition) is 3. The largest absolute Gasteiger partial charge is 0.490 e. The van der Waals surface area contributed by atoms with Crippen LogP contribution in [0.4, 0.5) is 4.39 Å². The topological polar surface area (TPSA) is 53.2 Å². The predicted molar refractivity (Wildman–Crippen MR) is 66.5 cm³/mol. The number of nitrogens with zero attached hydrogens (tertiary/aromatic N) is 1. The van der Waals surface area contributed by atoms with Gasteiger partial charge in [-0.05, 0) is 44.9 Å². The van der Waals surface area contributed by atoms with Crippen LogP contribution in [0.15, 0.2) is 18.2 Å². The molecule has 0 aliphatic heterocycles. The third kappa shape index (κ3) is 4.01. The first kappa shape index (κ1) is 14.5. The second kappa shape index (κ2) is 5.83. The van der Waals surface area contributed by atoms with E-state index in [2.05, 4.69) is 6.07 Å². The van der Waals surface area contributed by atoms with Crippen LogP contribution in [-0.4, -0.2) is 11.7 Å². The van der Waals surface area contributed by atoms with Crippen molar-refractivity contribution < 1.29 is 14.2 Å². The van der Waals surface area contributed by atoms with E-state index in [0.29, 0.717) is 12.0 Å². The first-order chi connectivity index (χ1) is 8.35. The van der Waals surface area contributed by atoms with Crippen LogP contribution in [0.1, 0.15) is 38.9 Å². The fraction of sp³-hybridized carbons (Fsp3) is 0.500. The van der Waals surface area contributed by atoms with Gasteiger partial charge in [-0.25, -0.2) is 4.39 Å². The maximum absolute atomic E-state index is 13.6. The molecule has 1 rings (SSSR count). The molecule has 0 saturated heterocycles. The van der Waals surface area contributed by atoms with Gasteiger partial charge in [0.15, 0.2) is 11.6 Å². The summed E-state index contributed by atoms with van der Waals surface area (Å²) in [6.07, 6.45) is -0.174. The van der Waals surface area contributed by atoms with Gasteiger partial charge >= 0.3 is 0 Å². The predicted octanol–water partition coefficient (Wildman–Crippen LogP) is 3.20. The second-order valence-corrected chi connectivity index (χ2v) is 4.96. The molecule has 0 aliphatic carbocycles. The molecule has 0 aromatic heterocycles. The lowest BCUT2D eigenvalue weighted by atomic mass is 9.92. The Kier molecular flexibility index (Phi) is 4.69. The van der Waals surface area contributed by atoms with E-state index in [1.807, 2.05) is 13.8 Å². The third-order valence-corrected chi connectivity index (χ3v) is 2.73. The van der Waals surface area contributed by atoms with E-state index >= 15 is 0 Å². The molecule has 0 amide bonds. The molecule has 0 spiro atoms. The highest BCUT2D eigenvalue weighted by atomic mass is 19.1. The first-order valence-electron chi connectivity index (χ1n) is 5.87. The van der Waals surface area contributed by atoms with Crippen molar-refractivity contribution in [2.24, 2.45) is 5.41 Å². The SMILES string of the molecule is C[C@H](O)c1ccc(OCCC(C)(C)C#N)c(F)c1. The van der Waals surface area contributed by atoms with E-state index in [1.54, 1.807) is 13.0 Å². The molecule has 0 bridgehead atoms. The average Bonchev–Trinajstić information content (AvgIpc) is 2.31. The van der Waals surface area contributed by atoms with Gasteiger partial charge in [-0.3, -0.25) is 0 Å². The average molecular weight is 251 g/mol. The lowest BCUT2D eigenvalue weighted by Crippen LogP contribution is -2.13. The summed E-state index contributed by atoms with van der Waals surface area (Å²) >= 11 is 0. The molecule has 1 aromatic rings. The molecule has 1 atom stereocenters. The number of aliphatic hydroxyl groups is 1. The highest BCUT2D eigenvalue weighted by molar-refractivity contribution is 5.30. The number of hydrogen-bond donors (Lipinski definition) is 1. The van der Waals surface area contributed by atoms with Gasteiger partial charge in [-0.15, -0.1) is 0 Å². The third-order valence-electron chi connectivity index (χ3n) is 2.73. The second-order valence-electron chi connectivity index (χ2n) is 4.96. The highest BCUT2D eigenvalue weighted by Crippen LogP contribution is 2.24. The van der Waals surface area contributed by atoms with Crippen molar-refractivity contribution in [2.75, 3.05) is 6.61 Å². The summed E-state index contributed by atoms with van der Waals surface area (Å²) < 4.78 is 18.9. The zero-order chi connectivity index (χ0) is 13.8. The Balaban J connectivity index is 2.62. The Labute approximate surface area is 107 Å². The van der Waals surface area contributed by atoms with E-state index in [9.17, 15) is 9.50 Å². The minimum atomic E-state index is -0.703. The summed E-state index contributed by atoms with van der Waals surface area (Å²) in [5.74, 6) is -0.351. The van der Waals surface area contributed by atoms with Gasteiger partial charge in [0.05, 0.1) is 24.2 Å². The normalized spacial score (nSPS) is 12.9. The van der Waals surface area contributed by atoms with E-state index in [1.165, 1.54) is 12.1 Å². The van der Waals surface area contributed by atoms with Crippen molar-refractivity contribution in [2.45, 2.75) is 33.3 Å². The Bertz CT molecular complexity index is 450. The standard InChI is InChI=1S/C14H18FNO2/c1-10(17)11-4-5-13(12(15)8-11)18-7-6-14(2,3)9-16/h4-5,8,10,17H,6-7H2,1-3H3/t10-/m0/s1. The Morgan fingerprint density at radius 2 is 2.17 bits per heavy atom. The zero-order valence-corrected chi connectivity index (χ0v) is 10.9. The lowest BCUT2D eigenvalue weighted by molar-refractivity contribution is 0.198. The molecule has 0 saturated carbocycles. The molecule has 0 heterocycles. The van der Waals surface area contributed by atoms with Gasteiger partial charge in [0.1, 0.15) is 0 Å². The number of benzene rings is 1. The molecule has 0 radical (unpaired) electrons. The molecule has 0 fully saturated rings. The van der Waals surface area contributed by atoms with E-state index < -0.39 is 17.3 Å². The summed E-state index contributed by atoms with van der Waals surface area (Å²) in [6.45, 7) is 5.47. The molecule has 3 nitrogen and oxygen atoms in total. The van der Waals surface area contributed by atoms with Crippen molar-refractivity contribution in [3.63, 3.8) is 0 Å². The van der Waals surface area contributed by atoms with Crippen molar-refractivity contribution in [1.29, 1.82) is 5.26 Å². The van der Waals surface area contributed by atoms with Crippen LogP contribution < -0.4 is 4.74 Å². The van der Waals surface area contributed by atoms with Gasteiger partial charge in [0, 0.05) is 0 Å². The minimum absolute atomic E-state index is 0.146. The summed E-state index contributed by atoms with van der Waals surface area (Å²) in [5, 5.41) is 18.1. The molecular weight excluding hydrogens is 233 g/mol. The number of halogens is 1. The molecule has 0 aliphatic rings. The van der Waals surface area contributed by atoms with Crippen LogP contribution in [-0.2, 0) is 0 Å². The monoisotopic (exact) mass is 251 g/mol. The molecule has 1 aromatic carbocycles. The fourth-order valence-electron chi connectivity index (χ4n) is 1.37. The van der Waals surface area contributed by atoms with Gasteiger partial charge in [-0.2, -0.15) is 5.26 Å². The van der Waals surface area contributed by atoms with Gasteiger partial charge in [-0.1, -0.05) is 6.07 Å². The summed E-state index contributed by atoms with van der Waals surface area (Å²) in [7, 11) is 0. The van der Waals surface area contributed by atoms with Crippen molar-refractivity contribution in [3.8, 4) is 11.8 Å². The fourth-order valence-corrected chi connectivity index (χ4v) is 1.37. The van der Waals surface area contributed by atoms with Gasteiger partial charge < -0.3 is 9.84 Å². The van der Waals surface area contributed by atoms with Crippen LogP contribution in [0.25, 0.3) is 0 Å². The molecular formula is C14H18FNO2. The number of rotatable bonds is 5. The van der Waals surface area contributed by atoms with Crippen LogP contribution in [0.3, 0.4) is 0 Å². The minimum Gasteiger partial charge on any atom is -0.490 e. The van der Waals surface area contributed by atoms with Crippen molar-refractivity contribution in [3.05, 3.63) is 29.6 Å².